The summed E-state index contributed by atoms with van der Waals surface area (Å²) in [6.07, 6.45) is 3.37. The minimum Gasteiger partial charge on any atom is -0.356 e. The molecule has 3 rings (SSSR count). The van der Waals surface area contributed by atoms with Crippen molar-refractivity contribution in [2.24, 2.45) is 11.8 Å². The molecule has 3 heteroatoms. The third-order valence-electron chi connectivity index (χ3n) is 4.39. The van der Waals surface area contributed by atoms with Gasteiger partial charge in [0.2, 0.25) is 0 Å². The van der Waals surface area contributed by atoms with Crippen LogP contribution >= 0.6 is 0 Å². The Morgan fingerprint density at radius 2 is 1.81 bits per heavy atom. The van der Waals surface area contributed by atoms with E-state index in [-0.39, 0.29) is 0 Å². The summed E-state index contributed by atoms with van der Waals surface area (Å²) in [6, 6.07) is 8.66. The van der Waals surface area contributed by atoms with Crippen LogP contribution in [0.5, 0.6) is 0 Å². The Morgan fingerprint density at radius 1 is 1.14 bits per heavy atom. The summed E-state index contributed by atoms with van der Waals surface area (Å²) in [5, 5.41) is 5.84. The molecule has 0 aliphatic carbocycles. The van der Waals surface area contributed by atoms with Crippen molar-refractivity contribution >= 4 is 16.6 Å². The maximum absolute atomic E-state index is 4.80. The normalized spacial score (nSPS) is 22.7. The maximum Gasteiger partial charge on any atom is 0.136 e. The Bertz CT molecular complexity index is 613. The van der Waals surface area contributed by atoms with Gasteiger partial charge in [0.05, 0.1) is 0 Å². The molecular weight excluding hydrogens is 258 g/mol. The molecule has 3 nitrogen and oxygen atoms in total. The second kappa shape index (κ2) is 6.02. The molecule has 0 spiro atoms. The largest absolute Gasteiger partial charge is 0.356 e. The van der Waals surface area contributed by atoms with Gasteiger partial charge in [0.15, 0.2) is 0 Å². The third kappa shape index (κ3) is 2.88. The number of hydrogen-bond acceptors (Lipinski definition) is 3. The van der Waals surface area contributed by atoms with Crippen molar-refractivity contribution in [3.8, 4) is 0 Å². The van der Waals surface area contributed by atoms with Crippen molar-refractivity contribution in [1.82, 2.24) is 10.3 Å². The topological polar surface area (TPSA) is 28.2 Å². The summed E-state index contributed by atoms with van der Waals surface area (Å²) in [5.41, 5.74) is 1.27. The zero-order valence-electron chi connectivity index (χ0n) is 13.3. The third-order valence-corrected chi connectivity index (χ3v) is 4.39. The van der Waals surface area contributed by atoms with E-state index in [1.165, 1.54) is 22.8 Å². The number of nitrogens with zero attached hydrogens (tertiary/aromatic N) is 2. The molecule has 0 saturated carbocycles. The van der Waals surface area contributed by atoms with Crippen LogP contribution in [0.1, 0.15) is 25.8 Å². The first-order chi connectivity index (χ1) is 10.2. The first-order valence-electron chi connectivity index (χ1n) is 7.95. The molecule has 1 aliphatic heterocycles. The van der Waals surface area contributed by atoms with Crippen LogP contribution in [-0.2, 0) is 6.54 Å². The van der Waals surface area contributed by atoms with Gasteiger partial charge < -0.3 is 10.2 Å². The van der Waals surface area contributed by atoms with E-state index in [1.54, 1.807) is 0 Å². The van der Waals surface area contributed by atoms with Crippen LogP contribution in [0.3, 0.4) is 0 Å². The lowest BCUT2D eigenvalue weighted by Crippen LogP contribution is -2.39. The Hall–Kier alpha value is -1.61. The molecule has 1 aromatic carbocycles. The fourth-order valence-electron chi connectivity index (χ4n) is 3.66. The Labute approximate surface area is 127 Å². The van der Waals surface area contributed by atoms with E-state index in [0.29, 0.717) is 0 Å². The van der Waals surface area contributed by atoms with Gasteiger partial charge in [-0.25, -0.2) is 4.98 Å². The molecule has 21 heavy (non-hydrogen) atoms. The fourth-order valence-corrected chi connectivity index (χ4v) is 3.66. The molecule has 0 radical (unpaired) electrons. The quantitative estimate of drug-likeness (QED) is 0.935. The van der Waals surface area contributed by atoms with Crippen LogP contribution in [-0.4, -0.2) is 25.1 Å². The number of pyridine rings is 1. The summed E-state index contributed by atoms with van der Waals surface area (Å²) in [5.74, 6) is 2.64. The van der Waals surface area contributed by atoms with Crippen LogP contribution in [0.2, 0.25) is 0 Å². The summed E-state index contributed by atoms with van der Waals surface area (Å²) in [6.45, 7) is 7.79. The zero-order valence-corrected chi connectivity index (χ0v) is 13.3. The van der Waals surface area contributed by atoms with Crippen molar-refractivity contribution in [1.29, 1.82) is 0 Å². The zero-order chi connectivity index (χ0) is 14.8. The molecule has 1 N–H and O–H groups in total. The first-order valence-corrected chi connectivity index (χ1v) is 7.95. The number of hydrogen-bond donors (Lipinski definition) is 1. The average molecular weight is 283 g/mol. The predicted molar refractivity (Wildman–Crippen MR) is 89.7 cm³/mol. The van der Waals surface area contributed by atoms with Gasteiger partial charge in [0, 0.05) is 31.2 Å². The molecule has 2 aromatic rings. The highest BCUT2D eigenvalue weighted by Crippen LogP contribution is 2.31. The van der Waals surface area contributed by atoms with E-state index in [9.17, 15) is 0 Å². The van der Waals surface area contributed by atoms with Crippen LogP contribution in [0, 0.1) is 11.8 Å². The van der Waals surface area contributed by atoms with Crippen molar-refractivity contribution in [2.75, 3.05) is 25.0 Å². The lowest BCUT2D eigenvalue weighted by atomic mass is 9.91. The molecule has 112 valence electrons. The summed E-state index contributed by atoms with van der Waals surface area (Å²) in [4.78, 5) is 7.28. The van der Waals surface area contributed by atoms with Gasteiger partial charge >= 0.3 is 0 Å². The van der Waals surface area contributed by atoms with Gasteiger partial charge in [-0.1, -0.05) is 38.1 Å². The average Bonchev–Trinajstić information content (AvgIpc) is 2.47. The minimum absolute atomic E-state index is 0.742. The predicted octanol–water partition coefficient (Wildman–Crippen LogP) is 3.44. The van der Waals surface area contributed by atoms with Gasteiger partial charge in [0.1, 0.15) is 5.82 Å². The van der Waals surface area contributed by atoms with Crippen LogP contribution in [0.15, 0.2) is 30.5 Å². The second-order valence-corrected chi connectivity index (χ2v) is 6.53. The van der Waals surface area contributed by atoms with Gasteiger partial charge in [-0.3, -0.25) is 0 Å². The summed E-state index contributed by atoms with van der Waals surface area (Å²) in [7, 11) is 1.98. The van der Waals surface area contributed by atoms with E-state index < -0.39 is 0 Å². The first kappa shape index (κ1) is 14.3. The van der Waals surface area contributed by atoms with Gasteiger partial charge in [-0.15, -0.1) is 0 Å². The monoisotopic (exact) mass is 283 g/mol. The van der Waals surface area contributed by atoms with Gasteiger partial charge in [0.25, 0.3) is 0 Å². The number of fused-ring (bicyclic) bond motifs is 1. The SMILES string of the molecule is CNCc1cnc(N2CC(C)CC(C)C2)c2ccccc12. The van der Waals surface area contributed by atoms with E-state index in [4.69, 9.17) is 4.98 Å². The lowest BCUT2D eigenvalue weighted by Gasteiger charge is -2.36. The number of rotatable bonds is 3. The number of piperidine rings is 1. The van der Waals surface area contributed by atoms with Crippen molar-refractivity contribution in [3.05, 3.63) is 36.0 Å². The highest BCUT2D eigenvalue weighted by molar-refractivity contribution is 5.94. The van der Waals surface area contributed by atoms with Crippen molar-refractivity contribution < 1.29 is 0 Å². The van der Waals surface area contributed by atoms with E-state index in [0.717, 1.165) is 37.3 Å². The molecule has 1 aromatic heterocycles. The minimum atomic E-state index is 0.742. The molecule has 2 unspecified atom stereocenters. The fraction of sp³-hybridized carbons (Fsp3) is 0.500. The number of aromatic nitrogens is 1. The maximum atomic E-state index is 4.80. The van der Waals surface area contributed by atoms with Crippen LogP contribution < -0.4 is 10.2 Å². The smallest absolute Gasteiger partial charge is 0.136 e. The molecule has 0 amide bonds. The lowest BCUT2D eigenvalue weighted by molar-refractivity contribution is 0.356. The molecule has 1 saturated heterocycles. The molecule has 1 fully saturated rings. The van der Waals surface area contributed by atoms with E-state index in [1.807, 2.05) is 13.2 Å². The van der Waals surface area contributed by atoms with E-state index >= 15 is 0 Å². The highest BCUT2D eigenvalue weighted by Gasteiger charge is 2.24. The van der Waals surface area contributed by atoms with Gasteiger partial charge in [-0.2, -0.15) is 0 Å². The van der Waals surface area contributed by atoms with Crippen molar-refractivity contribution in [2.45, 2.75) is 26.8 Å². The standard InChI is InChI=1S/C18H25N3/c1-13-8-14(2)12-21(11-13)18-17-7-5-4-6-16(17)15(9-19-3)10-20-18/h4-7,10,13-14,19H,8-9,11-12H2,1-3H3. The van der Waals surface area contributed by atoms with Gasteiger partial charge in [-0.05, 0) is 36.3 Å². The highest BCUT2D eigenvalue weighted by atomic mass is 15.2. The Balaban J connectivity index is 2.05. The number of benzene rings is 1. The van der Waals surface area contributed by atoms with Crippen molar-refractivity contribution in [3.63, 3.8) is 0 Å². The summed E-state index contributed by atoms with van der Waals surface area (Å²) < 4.78 is 0. The molecular formula is C18H25N3. The molecule has 2 heterocycles. The molecule has 2 atom stereocenters. The second-order valence-electron chi connectivity index (χ2n) is 6.53. The summed E-state index contributed by atoms with van der Waals surface area (Å²) >= 11 is 0. The number of anilines is 1. The van der Waals surface area contributed by atoms with Crippen LogP contribution in [0.4, 0.5) is 5.82 Å². The van der Waals surface area contributed by atoms with E-state index in [2.05, 4.69) is 48.3 Å². The molecule has 1 aliphatic rings. The molecule has 0 bridgehead atoms. The Kier molecular flexibility index (Phi) is 4.11. The van der Waals surface area contributed by atoms with Crippen LogP contribution in [0.25, 0.3) is 10.8 Å². The Morgan fingerprint density at radius 3 is 2.48 bits per heavy atom. The number of nitrogens with one attached hydrogen (secondary N) is 1.